The van der Waals surface area contributed by atoms with E-state index in [2.05, 4.69) is 5.32 Å². The van der Waals surface area contributed by atoms with Gasteiger partial charge in [0.15, 0.2) is 0 Å². The Bertz CT molecular complexity index is 399. The van der Waals surface area contributed by atoms with Gasteiger partial charge in [0.25, 0.3) is 5.91 Å². The number of rotatable bonds is 2. The lowest BCUT2D eigenvalue weighted by molar-refractivity contribution is 0.0927. The van der Waals surface area contributed by atoms with E-state index in [1.165, 1.54) is 12.1 Å². The molecule has 16 heavy (non-hydrogen) atoms. The summed E-state index contributed by atoms with van der Waals surface area (Å²) in [6.45, 7) is 1.15. The van der Waals surface area contributed by atoms with E-state index < -0.39 is 0 Å². The highest BCUT2D eigenvalue weighted by atomic mass is 16.5. The Morgan fingerprint density at radius 2 is 2.25 bits per heavy atom. The van der Waals surface area contributed by atoms with E-state index in [1.54, 1.807) is 0 Å². The van der Waals surface area contributed by atoms with Crippen molar-refractivity contribution in [1.82, 2.24) is 5.32 Å². The van der Waals surface area contributed by atoms with Gasteiger partial charge in [0.05, 0.1) is 18.2 Å². The van der Waals surface area contributed by atoms with Gasteiger partial charge in [-0.25, -0.2) is 0 Å². The monoisotopic (exact) mass is 223 g/mol. The highest BCUT2D eigenvalue weighted by molar-refractivity contribution is 5.97. The van der Waals surface area contributed by atoms with Crippen LogP contribution in [0.2, 0.25) is 0 Å². The number of phenols is 2. The minimum Gasteiger partial charge on any atom is -0.508 e. The lowest BCUT2D eigenvalue weighted by Crippen LogP contribution is -2.34. The van der Waals surface area contributed by atoms with Crippen molar-refractivity contribution in [2.75, 3.05) is 13.2 Å². The molecule has 86 valence electrons. The number of carbonyl (C=O) groups excluding carboxylic acids is 1. The van der Waals surface area contributed by atoms with Crippen LogP contribution in [0.15, 0.2) is 18.2 Å². The molecule has 1 aliphatic heterocycles. The van der Waals surface area contributed by atoms with Crippen LogP contribution >= 0.6 is 0 Å². The molecule has 1 amide bonds. The maximum atomic E-state index is 11.7. The minimum atomic E-state index is -0.354. The minimum absolute atomic E-state index is 0.000651. The van der Waals surface area contributed by atoms with Crippen molar-refractivity contribution in [2.45, 2.75) is 12.5 Å². The number of carbonyl (C=O) groups is 1. The third kappa shape index (κ3) is 2.25. The maximum absolute atomic E-state index is 11.7. The lowest BCUT2D eigenvalue weighted by atomic mass is 10.1. The van der Waals surface area contributed by atoms with Gasteiger partial charge in [-0.2, -0.15) is 0 Å². The molecule has 0 radical (unpaired) electrons. The zero-order valence-corrected chi connectivity index (χ0v) is 8.64. The first kappa shape index (κ1) is 10.8. The summed E-state index contributed by atoms with van der Waals surface area (Å²) in [5, 5.41) is 21.3. The van der Waals surface area contributed by atoms with Gasteiger partial charge in [-0.3, -0.25) is 4.79 Å². The van der Waals surface area contributed by atoms with Gasteiger partial charge in [-0.05, 0) is 18.6 Å². The normalized spacial score (nSPS) is 19.6. The number of ether oxygens (including phenoxy) is 1. The van der Waals surface area contributed by atoms with Crippen molar-refractivity contribution in [2.24, 2.45) is 0 Å². The fourth-order valence-corrected chi connectivity index (χ4v) is 1.62. The van der Waals surface area contributed by atoms with Crippen LogP contribution in [-0.4, -0.2) is 35.4 Å². The van der Waals surface area contributed by atoms with Crippen molar-refractivity contribution in [3.63, 3.8) is 0 Å². The number of benzene rings is 1. The molecular weight excluding hydrogens is 210 g/mol. The molecule has 1 fully saturated rings. The maximum Gasteiger partial charge on any atom is 0.255 e. The van der Waals surface area contributed by atoms with Crippen molar-refractivity contribution >= 4 is 5.91 Å². The molecular formula is C11H13NO4. The van der Waals surface area contributed by atoms with E-state index in [-0.39, 0.29) is 29.0 Å². The predicted molar refractivity (Wildman–Crippen MR) is 56.5 cm³/mol. The fraction of sp³-hybridized carbons (Fsp3) is 0.364. The number of aromatic hydroxyl groups is 2. The highest BCUT2D eigenvalue weighted by Crippen LogP contribution is 2.22. The molecule has 5 nitrogen and oxygen atoms in total. The second-order valence-corrected chi connectivity index (χ2v) is 3.74. The van der Waals surface area contributed by atoms with Crippen molar-refractivity contribution in [3.05, 3.63) is 23.8 Å². The van der Waals surface area contributed by atoms with Gasteiger partial charge in [0.1, 0.15) is 11.5 Å². The Kier molecular flexibility index (Phi) is 2.96. The van der Waals surface area contributed by atoms with Crippen LogP contribution in [0.4, 0.5) is 0 Å². The lowest BCUT2D eigenvalue weighted by Gasteiger charge is -2.11. The summed E-state index contributed by atoms with van der Waals surface area (Å²) in [6.07, 6.45) is 0.782. The van der Waals surface area contributed by atoms with Crippen LogP contribution in [-0.2, 0) is 4.74 Å². The second-order valence-electron chi connectivity index (χ2n) is 3.74. The molecule has 3 N–H and O–H groups in total. The number of nitrogens with one attached hydrogen (secondary N) is 1. The Labute approximate surface area is 92.7 Å². The standard InChI is InChI=1S/C11H13NO4/c13-8-1-2-9(10(14)5-8)11(15)12-7-3-4-16-6-7/h1-2,5,7,13-14H,3-4,6H2,(H,12,15). The average molecular weight is 223 g/mol. The second kappa shape index (κ2) is 4.40. The van der Waals surface area contributed by atoms with Crippen molar-refractivity contribution < 1.29 is 19.7 Å². The summed E-state index contributed by atoms with van der Waals surface area (Å²) in [7, 11) is 0. The fourth-order valence-electron chi connectivity index (χ4n) is 1.62. The zero-order valence-electron chi connectivity index (χ0n) is 8.64. The van der Waals surface area contributed by atoms with Crippen LogP contribution in [0.5, 0.6) is 11.5 Å². The first-order chi connectivity index (χ1) is 7.66. The number of amides is 1. The van der Waals surface area contributed by atoms with E-state index >= 15 is 0 Å². The molecule has 0 aliphatic carbocycles. The zero-order chi connectivity index (χ0) is 11.5. The molecule has 5 heteroatoms. The Morgan fingerprint density at radius 3 is 2.88 bits per heavy atom. The van der Waals surface area contributed by atoms with Crippen molar-refractivity contribution in [1.29, 1.82) is 0 Å². The Balaban J connectivity index is 2.08. The largest absolute Gasteiger partial charge is 0.508 e. The summed E-state index contributed by atoms with van der Waals surface area (Å²) >= 11 is 0. The van der Waals surface area contributed by atoms with E-state index in [1.807, 2.05) is 0 Å². The summed E-state index contributed by atoms with van der Waals surface area (Å²) in [6, 6.07) is 3.89. The first-order valence-corrected chi connectivity index (χ1v) is 5.07. The van der Waals surface area contributed by atoms with Crippen molar-refractivity contribution in [3.8, 4) is 11.5 Å². The molecule has 0 spiro atoms. The number of phenolic OH excluding ortho intramolecular Hbond substituents is 2. The smallest absolute Gasteiger partial charge is 0.255 e. The van der Waals surface area contributed by atoms with Gasteiger partial charge >= 0.3 is 0 Å². The van der Waals surface area contributed by atoms with Crippen LogP contribution in [0.25, 0.3) is 0 Å². The van der Waals surface area contributed by atoms with Crippen LogP contribution in [0.1, 0.15) is 16.8 Å². The van der Waals surface area contributed by atoms with E-state index in [9.17, 15) is 9.90 Å². The molecule has 1 aromatic rings. The Hall–Kier alpha value is -1.75. The van der Waals surface area contributed by atoms with Gasteiger partial charge in [0, 0.05) is 12.7 Å². The number of hydrogen-bond donors (Lipinski definition) is 3. The molecule has 1 atom stereocenters. The Morgan fingerprint density at radius 1 is 1.44 bits per heavy atom. The highest BCUT2D eigenvalue weighted by Gasteiger charge is 2.20. The SMILES string of the molecule is O=C(NC1CCOC1)c1ccc(O)cc1O. The number of hydrogen-bond acceptors (Lipinski definition) is 4. The molecule has 1 unspecified atom stereocenters. The molecule has 0 bridgehead atoms. The first-order valence-electron chi connectivity index (χ1n) is 5.07. The molecule has 2 rings (SSSR count). The molecule has 0 saturated carbocycles. The molecule has 1 heterocycles. The summed E-state index contributed by atoms with van der Waals surface area (Å²) in [5.41, 5.74) is 0.157. The molecule has 1 aliphatic rings. The molecule has 0 aromatic heterocycles. The van der Waals surface area contributed by atoms with E-state index in [0.29, 0.717) is 13.2 Å². The summed E-state index contributed by atoms with van der Waals surface area (Å²) in [5.74, 6) is -0.650. The van der Waals surface area contributed by atoms with Crippen LogP contribution in [0.3, 0.4) is 0 Å². The van der Waals surface area contributed by atoms with E-state index in [0.717, 1.165) is 12.5 Å². The van der Waals surface area contributed by atoms with Gasteiger partial charge < -0.3 is 20.3 Å². The van der Waals surface area contributed by atoms with Crippen LogP contribution < -0.4 is 5.32 Å². The third-order valence-corrected chi connectivity index (χ3v) is 2.49. The predicted octanol–water partition coefficient (Wildman–Crippen LogP) is 0.616. The van der Waals surface area contributed by atoms with Gasteiger partial charge in [-0.15, -0.1) is 0 Å². The summed E-state index contributed by atoms with van der Waals surface area (Å²) in [4.78, 5) is 11.7. The van der Waals surface area contributed by atoms with E-state index in [4.69, 9.17) is 9.84 Å². The van der Waals surface area contributed by atoms with Gasteiger partial charge in [-0.1, -0.05) is 0 Å². The third-order valence-electron chi connectivity index (χ3n) is 2.49. The van der Waals surface area contributed by atoms with Gasteiger partial charge in [0.2, 0.25) is 0 Å². The molecule has 1 saturated heterocycles. The average Bonchev–Trinajstić information content (AvgIpc) is 2.70. The van der Waals surface area contributed by atoms with Crippen LogP contribution in [0, 0.1) is 0 Å². The molecule has 1 aromatic carbocycles. The summed E-state index contributed by atoms with van der Waals surface area (Å²) < 4.78 is 5.13. The topological polar surface area (TPSA) is 78.8 Å². The quantitative estimate of drug-likeness (QED) is 0.686.